The molecular formula is C6H12OSi. The van der Waals surface area contributed by atoms with Crippen LogP contribution in [0.15, 0.2) is 0 Å². The van der Waals surface area contributed by atoms with Crippen LogP contribution in [0.25, 0.3) is 0 Å². The monoisotopic (exact) mass is 128 g/mol. The molecule has 0 radical (unpaired) electrons. The normalized spacial score (nSPS) is 10.4. The minimum absolute atomic E-state index is 0.207. The first-order valence-corrected chi connectivity index (χ1v) is 3.43. The summed E-state index contributed by atoms with van der Waals surface area (Å²) >= 11 is 0. The summed E-state index contributed by atoms with van der Waals surface area (Å²) in [5.74, 6) is 5.74. The third-order valence-corrected chi connectivity index (χ3v) is 1.96. The molecule has 0 atom stereocenters. The minimum atomic E-state index is -0.207. The first kappa shape index (κ1) is 7.74. The van der Waals surface area contributed by atoms with Crippen molar-refractivity contribution in [3.8, 4) is 11.8 Å². The molecule has 0 rings (SSSR count). The molecule has 46 valence electrons. The van der Waals surface area contributed by atoms with Crippen LogP contribution in [0.1, 0.15) is 20.8 Å². The lowest BCUT2D eigenvalue weighted by Crippen LogP contribution is -2.19. The molecule has 0 unspecified atom stereocenters. The Labute approximate surface area is 54.0 Å². The second-order valence-electron chi connectivity index (χ2n) is 2.09. The summed E-state index contributed by atoms with van der Waals surface area (Å²) in [7, 11) is 0.759. The molecule has 0 aromatic carbocycles. The van der Waals surface area contributed by atoms with Crippen LogP contribution in [-0.4, -0.2) is 16.1 Å². The van der Waals surface area contributed by atoms with Gasteiger partial charge >= 0.3 is 0 Å². The van der Waals surface area contributed by atoms with Gasteiger partial charge in [0.1, 0.15) is 16.1 Å². The highest BCUT2D eigenvalue weighted by Crippen LogP contribution is 2.02. The topological polar surface area (TPSA) is 9.23 Å². The van der Waals surface area contributed by atoms with Crippen molar-refractivity contribution < 1.29 is 4.43 Å². The summed E-state index contributed by atoms with van der Waals surface area (Å²) in [6.07, 6.45) is 0. The highest BCUT2D eigenvalue weighted by Gasteiger charge is 2.08. The lowest BCUT2D eigenvalue weighted by atomic mass is 10.1. The zero-order valence-corrected chi connectivity index (χ0v) is 7.91. The van der Waals surface area contributed by atoms with Crippen molar-refractivity contribution in [1.29, 1.82) is 0 Å². The predicted molar refractivity (Wildman–Crippen MR) is 38.6 cm³/mol. The first-order chi connectivity index (χ1) is 3.62. The molecule has 0 aliphatic rings. The summed E-state index contributed by atoms with van der Waals surface area (Å²) in [5.41, 5.74) is -0.207. The molecule has 1 nitrogen and oxygen atoms in total. The van der Waals surface area contributed by atoms with Crippen LogP contribution >= 0.6 is 0 Å². The van der Waals surface area contributed by atoms with Gasteiger partial charge in [-0.2, -0.15) is 0 Å². The number of hydrogen-bond donors (Lipinski definition) is 0. The van der Waals surface area contributed by atoms with Crippen LogP contribution in [0.3, 0.4) is 0 Å². The Kier molecular flexibility index (Phi) is 2.81. The highest BCUT2D eigenvalue weighted by molar-refractivity contribution is 5.98. The van der Waals surface area contributed by atoms with E-state index in [1.807, 2.05) is 20.8 Å². The largest absolute Gasteiger partial charge is 0.413 e. The molecule has 0 aliphatic carbocycles. The van der Waals surface area contributed by atoms with E-state index in [1.165, 1.54) is 0 Å². The Morgan fingerprint density at radius 3 is 2.12 bits per heavy atom. The molecule has 2 heteroatoms. The van der Waals surface area contributed by atoms with Crippen molar-refractivity contribution in [2.24, 2.45) is 0 Å². The van der Waals surface area contributed by atoms with Crippen molar-refractivity contribution in [3.05, 3.63) is 0 Å². The van der Waals surface area contributed by atoms with E-state index < -0.39 is 0 Å². The lowest BCUT2D eigenvalue weighted by Gasteiger charge is -2.14. The molecule has 0 aliphatic heterocycles. The van der Waals surface area contributed by atoms with Crippen LogP contribution in [0.5, 0.6) is 0 Å². The Morgan fingerprint density at radius 2 is 2.00 bits per heavy atom. The summed E-state index contributed by atoms with van der Waals surface area (Å²) in [6, 6.07) is 0. The fourth-order valence-electron chi connectivity index (χ4n) is 0.352. The van der Waals surface area contributed by atoms with Crippen molar-refractivity contribution in [2.45, 2.75) is 26.4 Å². The van der Waals surface area contributed by atoms with Gasteiger partial charge in [0.15, 0.2) is 0 Å². The third kappa shape index (κ3) is 2.84. The van der Waals surface area contributed by atoms with Gasteiger partial charge in [-0.3, -0.25) is 0 Å². The Balaban J connectivity index is 3.85. The second kappa shape index (κ2) is 2.90. The highest BCUT2D eigenvalue weighted by atomic mass is 28.2. The van der Waals surface area contributed by atoms with Crippen molar-refractivity contribution in [3.63, 3.8) is 0 Å². The maximum absolute atomic E-state index is 5.14. The minimum Gasteiger partial charge on any atom is -0.413 e. The van der Waals surface area contributed by atoms with Gasteiger partial charge in [0.25, 0.3) is 0 Å². The molecule has 0 saturated carbocycles. The Morgan fingerprint density at radius 1 is 1.50 bits per heavy atom. The molecular weight excluding hydrogens is 116 g/mol. The smallest absolute Gasteiger partial charge is 0.148 e. The van der Waals surface area contributed by atoms with Gasteiger partial charge in [-0.25, -0.2) is 0 Å². The molecule has 0 heterocycles. The van der Waals surface area contributed by atoms with Gasteiger partial charge in [-0.05, 0) is 20.8 Å². The second-order valence-corrected chi connectivity index (χ2v) is 2.50. The van der Waals surface area contributed by atoms with E-state index in [9.17, 15) is 0 Å². The lowest BCUT2D eigenvalue weighted by molar-refractivity contribution is 0.191. The van der Waals surface area contributed by atoms with E-state index in [0.717, 1.165) is 10.5 Å². The molecule has 0 saturated heterocycles. The van der Waals surface area contributed by atoms with Gasteiger partial charge < -0.3 is 4.43 Å². The Hall–Kier alpha value is -0.263. The average molecular weight is 128 g/mol. The average Bonchev–Trinajstić information content (AvgIpc) is 1.67. The quantitative estimate of drug-likeness (QED) is 0.359. The SMILES string of the molecule is CC#CC(C)(C)O[SiH3]. The fraction of sp³-hybridized carbons (Fsp3) is 0.667. The van der Waals surface area contributed by atoms with E-state index in [1.54, 1.807) is 0 Å². The van der Waals surface area contributed by atoms with Crippen LogP contribution in [-0.2, 0) is 4.43 Å². The van der Waals surface area contributed by atoms with Crippen molar-refractivity contribution >= 4 is 10.5 Å². The number of rotatable bonds is 1. The summed E-state index contributed by atoms with van der Waals surface area (Å²) in [5, 5.41) is 0. The van der Waals surface area contributed by atoms with E-state index >= 15 is 0 Å². The van der Waals surface area contributed by atoms with Crippen molar-refractivity contribution in [2.75, 3.05) is 0 Å². The van der Waals surface area contributed by atoms with Gasteiger partial charge in [0.05, 0.1) is 0 Å². The van der Waals surface area contributed by atoms with Gasteiger partial charge in [-0.1, -0.05) is 5.92 Å². The molecule has 0 N–H and O–H groups in total. The van der Waals surface area contributed by atoms with Crippen LogP contribution in [0.2, 0.25) is 0 Å². The standard InChI is InChI=1S/C6H12OSi/c1-4-5-6(2,3)7-8/h1-3,8H3. The molecule has 0 aromatic heterocycles. The van der Waals surface area contributed by atoms with E-state index in [0.29, 0.717) is 0 Å². The maximum Gasteiger partial charge on any atom is 0.148 e. The third-order valence-electron chi connectivity index (χ3n) is 0.936. The molecule has 0 aromatic rings. The van der Waals surface area contributed by atoms with Crippen LogP contribution in [0.4, 0.5) is 0 Å². The van der Waals surface area contributed by atoms with E-state index in [4.69, 9.17) is 4.43 Å². The van der Waals surface area contributed by atoms with Crippen LogP contribution < -0.4 is 0 Å². The maximum atomic E-state index is 5.14. The molecule has 0 spiro atoms. The predicted octanol–water partition coefficient (Wildman–Crippen LogP) is 0.0853. The van der Waals surface area contributed by atoms with Crippen LogP contribution in [0, 0.1) is 11.8 Å². The van der Waals surface area contributed by atoms with Gasteiger partial charge in [0.2, 0.25) is 0 Å². The molecule has 8 heavy (non-hydrogen) atoms. The zero-order valence-electron chi connectivity index (χ0n) is 5.91. The summed E-state index contributed by atoms with van der Waals surface area (Å²) in [6.45, 7) is 5.76. The van der Waals surface area contributed by atoms with E-state index in [-0.39, 0.29) is 5.60 Å². The van der Waals surface area contributed by atoms with Gasteiger partial charge in [-0.15, -0.1) is 5.92 Å². The molecule has 0 amide bonds. The Bertz CT molecular complexity index is 118. The first-order valence-electron chi connectivity index (χ1n) is 2.61. The van der Waals surface area contributed by atoms with E-state index in [2.05, 4.69) is 11.8 Å². The summed E-state index contributed by atoms with van der Waals surface area (Å²) in [4.78, 5) is 0. The summed E-state index contributed by atoms with van der Waals surface area (Å²) < 4.78 is 5.14. The number of hydrogen-bond acceptors (Lipinski definition) is 1. The van der Waals surface area contributed by atoms with Gasteiger partial charge in [0, 0.05) is 0 Å². The zero-order chi connectivity index (χ0) is 6.62. The molecule has 0 bridgehead atoms. The molecule has 0 fully saturated rings. The van der Waals surface area contributed by atoms with Crippen molar-refractivity contribution in [1.82, 2.24) is 0 Å². The fourth-order valence-corrected chi connectivity index (χ4v) is 0.454.